The number of aromatic nitrogens is 3. The van der Waals surface area contributed by atoms with Crippen LogP contribution < -0.4 is 5.32 Å². The number of hydrogen-bond donors (Lipinski definition) is 1. The Morgan fingerprint density at radius 2 is 2.09 bits per heavy atom. The molecule has 0 saturated heterocycles. The second-order valence-corrected chi connectivity index (χ2v) is 9.25. The van der Waals surface area contributed by atoms with Gasteiger partial charge in [0.25, 0.3) is 5.91 Å². The Bertz CT molecular complexity index is 1270. The molecule has 0 aliphatic carbocycles. The molecule has 162 valence electrons. The number of benzene rings is 1. The average molecular weight is 466 g/mol. The van der Waals surface area contributed by atoms with Crippen molar-refractivity contribution in [3.8, 4) is 10.6 Å². The number of nitrogens with one attached hydrogen (secondary N) is 1. The summed E-state index contributed by atoms with van der Waals surface area (Å²) in [5.74, 6) is -0.332. The van der Waals surface area contributed by atoms with Crippen LogP contribution in [0, 0.1) is 0 Å². The second kappa shape index (κ2) is 8.64. The molecule has 0 unspecified atom stereocenters. The Morgan fingerprint density at radius 3 is 2.88 bits per heavy atom. The molecule has 0 radical (unpaired) electrons. The largest absolute Gasteiger partial charge is 0.450 e. The van der Waals surface area contributed by atoms with Crippen LogP contribution in [0.3, 0.4) is 0 Å². The average Bonchev–Trinajstić information content (AvgIpc) is 3.39. The summed E-state index contributed by atoms with van der Waals surface area (Å²) < 4.78 is 6.26. The van der Waals surface area contributed by atoms with E-state index in [1.165, 1.54) is 29.9 Å². The number of carbonyl (C=O) groups is 2. The number of thiazole rings is 1. The van der Waals surface area contributed by atoms with Gasteiger partial charge in [0.15, 0.2) is 0 Å². The molecule has 8 nitrogen and oxygen atoms in total. The highest BCUT2D eigenvalue weighted by Crippen LogP contribution is 2.45. The van der Waals surface area contributed by atoms with E-state index in [0.29, 0.717) is 31.1 Å². The summed E-state index contributed by atoms with van der Waals surface area (Å²) in [7, 11) is 0. The number of carbonyl (C=O) groups excluding carboxylic acids is 2. The van der Waals surface area contributed by atoms with Gasteiger partial charge in [-0.1, -0.05) is 12.1 Å². The fourth-order valence-electron chi connectivity index (χ4n) is 3.65. The summed E-state index contributed by atoms with van der Waals surface area (Å²) in [4.78, 5) is 40.7. The number of para-hydroxylation sites is 1. The maximum atomic E-state index is 12.8. The molecule has 0 saturated carbocycles. The smallest absolute Gasteiger partial charge is 0.410 e. The van der Waals surface area contributed by atoms with Gasteiger partial charge < -0.3 is 15.0 Å². The van der Waals surface area contributed by atoms with E-state index in [1.807, 2.05) is 24.3 Å². The number of amides is 2. The summed E-state index contributed by atoms with van der Waals surface area (Å²) >= 11 is 3.06. The molecular weight excluding hydrogens is 446 g/mol. The molecule has 4 heterocycles. The van der Waals surface area contributed by atoms with Crippen LogP contribution in [0.15, 0.2) is 42.9 Å². The van der Waals surface area contributed by atoms with Crippen LogP contribution >= 0.6 is 22.7 Å². The molecule has 0 atom stereocenters. The SMILES string of the molecule is CCOC(=O)N1CCc2c(sc(NC(=O)c3cnccn3)c2-c2nc3ccccc3s2)C1. The van der Waals surface area contributed by atoms with Crippen LogP contribution in [-0.2, 0) is 17.7 Å². The zero-order chi connectivity index (χ0) is 22.1. The first-order valence-corrected chi connectivity index (χ1v) is 11.8. The third kappa shape index (κ3) is 3.82. The highest BCUT2D eigenvalue weighted by Gasteiger charge is 2.30. The van der Waals surface area contributed by atoms with Crippen molar-refractivity contribution < 1.29 is 14.3 Å². The van der Waals surface area contributed by atoms with Crippen molar-refractivity contribution in [2.24, 2.45) is 0 Å². The van der Waals surface area contributed by atoms with E-state index in [9.17, 15) is 9.59 Å². The van der Waals surface area contributed by atoms with Gasteiger partial charge in [-0.3, -0.25) is 9.78 Å². The van der Waals surface area contributed by atoms with Gasteiger partial charge in [0, 0.05) is 29.4 Å². The Kier molecular flexibility index (Phi) is 5.54. The molecular formula is C22H19N5O3S2. The fourth-order valence-corrected chi connectivity index (χ4v) is 6.02. The minimum atomic E-state index is -0.332. The number of thiophene rings is 1. The molecule has 32 heavy (non-hydrogen) atoms. The van der Waals surface area contributed by atoms with Gasteiger partial charge in [0.05, 0.1) is 29.6 Å². The summed E-state index contributed by atoms with van der Waals surface area (Å²) in [6.07, 6.45) is 4.79. The molecule has 0 fully saturated rings. The number of ether oxygens (including phenoxy) is 1. The van der Waals surface area contributed by atoms with Crippen molar-refractivity contribution >= 4 is 49.9 Å². The number of anilines is 1. The molecule has 1 aliphatic heterocycles. The van der Waals surface area contributed by atoms with Crippen molar-refractivity contribution in [2.75, 3.05) is 18.5 Å². The Morgan fingerprint density at radius 1 is 1.22 bits per heavy atom. The van der Waals surface area contributed by atoms with E-state index in [4.69, 9.17) is 9.72 Å². The van der Waals surface area contributed by atoms with Crippen molar-refractivity contribution in [2.45, 2.75) is 19.9 Å². The van der Waals surface area contributed by atoms with Gasteiger partial charge in [0.1, 0.15) is 15.7 Å². The molecule has 10 heteroatoms. The number of nitrogens with zero attached hydrogens (tertiary/aromatic N) is 4. The summed E-state index contributed by atoms with van der Waals surface area (Å²) in [5.41, 5.74) is 3.20. The molecule has 3 aromatic heterocycles. The van der Waals surface area contributed by atoms with Gasteiger partial charge in [-0.05, 0) is 31.0 Å². The highest BCUT2D eigenvalue weighted by atomic mass is 32.1. The number of fused-ring (bicyclic) bond motifs is 2. The zero-order valence-electron chi connectivity index (χ0n) is 17.2. The standard InChI is InChI=1S/C22H19N5O3S2/c1-2-30-22(29)27-10-7-13-17(12-27)32-21(26-19(28)15-11-23-8-9-24-15)18(13)20-25-14-5-3-4-6-16(14)31-20/h3-6,8-9,11H,2,7,10,12H2,1H3,(H,26,28). The lowest BCUT2D eigenvalue weighted by atomic mass is 10.0. The van der Waals surface area contributed by atoms with Crippen LogP contribution in [0.2, 0.25) is 0 Å². The molecule has 0 bridgehead atoms. The van der Waals surface area contributed by atoms with Gasteiger partial charge in [-0.25, -0.2) is 14.8 Å². The van der Waals surface area contributed by atoms with Crippen molar-refractivity contribution in [1.29, 1.82) is 0 Å². The highest BCUT2D eigenvalue weighted by molar-refractivity contribution is 7.23. The molecule has 1 aliphatic rings. The number of hydrogen-bond acceptors (Lipinski definition) is 8. The van der Waals surface area contributed by atoms with Crippen molar-refractivity contribution in [3.05, 3.63) is 59.0 Å². The quantitative estimate of drug-likeness (QED) is 0.474. The van der Waals surface area contributed by atoms with Crippen LogP contribution in [-0.4, -0.2) is 45.0 Å². The van der Waals surface area contributed by atoms with E-state index < -0.39 is 0 Å². The van der Waals surface area contributed by atoms with Gasteiger partial charge in [-0.15, -0.1) is 22.7 Å². The van der Waals surface area contributed by atoms with E-state index in [0.717, 1.165) is 31.2 Å². The first-order valence-electron chi connectivity index (χ1n) is 10.1. The molecule has 2 amide bonds. The lowest BCUT2D eigenvalue weighted by Gasteiger charge is -2.26. The lowest BCUT2D eigenvalue weighted by Crippen LogP contribution is -2.35. The lowest BCUT2D eigenvalue weighted by molar-refractivity contribution is 0.101. The maximum absolute atomic E-state index is 12.8. The number of rotatable bonds is 4. The summed E-state index contributed by atoms with van der Waals surface area (Å²) in [5, 5.41) is 4.56. The Balaban J connectivity index is 1.56. The van der Waals surface area contributed by atoms with Crippen molar-refractivity contribution in [3.63, 3.8) is 0 Å². The predicted molar refractivity (Wildman–Crippen MR) is 124 cm³/mol. The van der Waals surface area contributed by atoms with Gasteiger partial charge >= 0.3 is 6.09 Å². The van der Waals surface area contributed by atoms with Crippen LogP contribution in [0.4, 0.5) is 9.80 Å². The third-order valence-electron chi connectivity index (χ3n) is 5.11. The Hall–Kier alpha value is -3.37. The predicted octanol–water partition coefficient (Wildman–Crippen LogP) is 4.58. The molecule has 1 N–H and O–H groups in total. The van der Waals surface area contributed by atoms with E-state index in [2.05, 4.69) is 15.3 Å². The molecule has 1 aromatic carbocycles. The normalized spacial score (nSPS) is 13.1. The van der Waals surface area contributed by atoms with E-state index in [-0.39, 0.29) is 17.7 Å². The first kappa shape index (κ1) is 20.5. The summed E-state index contributed by atoms with van der Waals surface area (Å²) in [6.45, 7) is 3.13. The molecule has 0 spiro atoms. The molecule has 5 rings (SSSR count). The maximum Gasteiger partial charge on any atom is 0.410 e. The second-order valence-electron chi connectivity index (χ2n) is 7.11. The monoisotopic (exact) mass is 465 g/mol. The van der Waals surface area contributed by atoms with Crippen molar-refractivity contribution in [1.82, 2.24) is 19.9 Å². The van der Waals surface area contributed by atoms with Gasteiger partial charge in [0.2, 0.25) is 0 Å². The van der Waals surface area contributed by atoms with Crippen LogP contribution in [0.1, 0.15) is 27.9 Å². The first-order chi connectivity index (χ1) is 15.6. The summed E-state index contributed by atoms with van der Waals surface area (Å²) in [6, 6.07) is 7.97. The fraction of sp³-hybridized carbons (Fsp3) is 0.227. The van der Waals surface area contributed by atoms with E-state index in [1.54, 1.807) is 23.2 Å². The third-order valence-corrected chi connectivity index (χ3v) is 7.30. The van der Waals surface area contributed by atoms with Crippen LogP contribution in [0.25, 0.3) is 20.8 Å². The topological polar surface area (TPSA) is 97.3 Å². The minimum absolute atomic E-state index is 0.238. The zero-order valence-corrected chi connectivity index (χ0v) is 18.8. The Labute approximate surface area is 191 Å². The van der Waals surface area contributed by atoms with Crippen LogP contribution in [0.5, 0.6) is 0 Å². The minimum Gasteiger partial charge on any atom is -0.450 e. The van der Waals surface area contributed by atoms with E-state index >= 15 is 0 Å². The van der Waals surface area contributed by atoms with Gasteiger partial charge in [-0.2, -0.15) is 0 Å². The molecule has 4 aromatic rings.